The zero-order valence-corrected chi connectivity index (χ0v) is 13.3. The van der Waals surface area contributed by atoms with Crippen molar-refractivity contribution in [3.63, 3.8) is 0 Å². The van der Waals surface area contributed by atoms with Crippen molar-refractivity contribution in [2.75, 3.05) is 36.4 Å². The Kier molecular flexibility index (Phi) is 4.68. The first kappa shape index (κ1) is 16.0. The molecule has 2 heterocycles. The second-order valence-electron chi connectivity index (χ2n) is 5.74. The first-order chi connectivity index (χ1) is 11.0. The average Bonchev–Trinajstić information content (AvgIpc) is 2.50. The molecular weight excluding hydrogens is 323 g/mol. The molecule has 23 heavy (non-hydrogen) atoms. The topological polar surface area (TPSA) is 73.5 Å². The van der Waals surface area contributed by atoms with Gasteiger partial charge < -0.3 is 15.5 Å². The van der Waals surface area contributed by atoms with E-state index >= 15 is 0 Å². The average molecular weight is 341 g/mol. The summed E-state index contributed by atoms with van der Waals surface area (Å²) in [5, 5.41) is 8.82. The molecule has 0 atom stereocenters. The van der Waals surface area contributed by atoms with Crippen LogP contribution >= 0.6 is 11.6 Å². The van der Waals surface area contributed by atoms with Gasteiger partial charge in [-0.15, -0.1) is 0 Å². The highest BCUT2D eigenvalue weighted by atomic mass is 35.5. The highest BCUT2D eigenvalue weighted by Gasteiger charge is 2.26. The molecule has 0 aliphatic carbocycles. The van der Waals surface area contributed by atoms with Gasteiger partial charge in [0.15, 0.2) is 0 Å². The minimum Gasteiger partial charge on any atom is -0.380 e. The normalized spacial score (nSPS) is 19.7. The Hall–Kier alpha value is -1.86. The quantitative estimate of drug-likeness (QED) is 0.719. The van der Waals surface area contributed by atoms with Gasteiger partial charge in [-0.3, -0.25) is 14.9 Å². The summed E-state index contributed by atoms with van der Waals surface area (Å²) < 4.78 is 14.4. The number of halogens is 2. The summed E-state index contributed by atoms with van der Waals surface area (Å²) in [6, 6.07) is 2.55. The van der Waals surface area contributed by atoms with Crippen molar-refractivity contribution in [3.8, 4) is 0 Å². The van der Waals surface area contributed by atoms with Crippen LogP contribution in [0.3, 0.4) is 0 Å². The van der Waals surface area contributed by atoms with Crippen LogP contribution in [0.4, 0.5) is 15.8 Å². The van der Waals surface area contributed by atoms with Crippen molar-refractivity contribution in [2.24, 2.45) is 0 Å². The predicted molar refractivity (Wildman–Crippen MR) is 86.3 cm³/mol. The first-order valence-corrected chi connectivity index (χ1v) is 7.94. The van der Waals surface area contributed by atoms with Gasteiger partial charge in [0.05, 0.1) is 16.4 Å². The van der Waals surface area contributed by atoms with Crippen molar-refractivity contribution in [1.29, 1.82) is 0 Å². The van der Waals surface area contributed by atoms with Crippen molar-refractivity contribution in [3.05, 3.63) is 23.0 Å². The van der Waals surface area contributed by atoms with Gasteiger partial charge in [0, 0.05) is 51.1 Å². The maximum absolute atomic E-state index is 14.4. The van der Waals surface area contributed by atoms with Crippen molar-refractivity contribution in [1.82, 2.24) is 10.6 Å². The molecule has 2 aliphatic rings. The molecule has 2 aliphatic heterocycles. The third-order valence-electron chi connectivity index (χ3n) is 4.00. The maximum Gasteiger partial charge on any atom is 0.228 e. The molecule has 1 aromatic rings. The molecule has 3 N–H and O–H groups in total. The number of amides is 2. The van der Waals surface area contributed by atoms with E-state index in [4.69, 9.17) is 11.6 Å². The standard InChI is InChI=1S/C15H18ClFN4O2/c16-10-7-13(21-3-1-18-2-4-21)11(17)8-12(10)19-9-5-14(22)20-15(23)6-9/h7-9,18-19H,1-6H2,(H,20,22,23). The van der Waals surface area contributed by atoms with Crippen LogP contribution < -0.4 is 20.9 Å². The number of piperazine rings is 1. The summed E-state index contributed by atoms with van der Waals surface area (Å²) in [4.78, 5) is 24.7. The monoisotopic (exact) mass is 340 g/mol. The summed E-state index contributed by atoms with van der Waals surface area (Å²) in [5.74, 6) is -1.05. The number of rotatable bonds is 3. The fourth-order valence-electron chi connectivity index (χ4n) is 2.89. The summed E-state index contributed by atoms with van der Waals surface area (Å²) in [6.45, 7) is 3.04. The zero-order valence-electron chi connectivity index (χ0n) is 12.5. The number of nitrogens with zero attached hydrogens (tertiary/aromatic N) is 1. The number of carbonyl (C=O) groups excluding carboxylic acids is 2. The molecule has 8 heteroatoms. The lowest BCUT2D eigenvalue weighted by molar-refractivity contribution is -0.133. The Labute approximate surface area is 138 Å². The van der Waals surface area contributed by atoms with E-state index in [0.29, 0.717) is 16.4 Å². The largest absolute Gasteiger partial charge is 0.380 e. The van der Waals surface area contributed by atoms with Gasteiger partial charge in [-0.2, -0.15) is 0 Å². The molecule has 0 bridgehead atoms. The van der Waals surface area contributed by atoms with Gasteiger partial charge >= 0.3 is 0 Å². The molecule has 0 aromatic heterocycles. The lowest BCUT2D eigenvalue weighted by Crippen LogP contribution is -2.44. The van der Waals surface area contributed by atoms with Crippen LogP contribution in [0.1, 0.15) is 12.8 Å². The van der Waals surface area contributed by atoms with Crippen LogP contribution in [0, 0.1) is 5.82 Å². The van der Waals surface area contributed by atoms with E-state index < -0.39 is 0 Å². The van der Waals surface area contributed by atoms with Crippen LogP contribution in [-0.2, 0) is 9.59 Å². The van der Waals surface area contributed by atoms with Crippen LogP contribution in [0.2, 0.25) is 5.02 Å². The molecular formula is C15H18ClFN4O2. The predicted octanol–water partition coefficient (Wildman–Crippen LogP) is 1.11. The number of carbonyl (C=O) groups is 2. The van der Waals surface area contributed by atoms with Gasteiger partial charge in [-0.05, 0) is 6.07 Å². The third kappa shape index (κ3) is 3.73. The molecule has 2 saturated heterocycles. The van der Waals surface area contributed by atoms with E-state index in [1.165, 1.54) is 6.07 Å². The Morgan fingerprint density at radius 1 is 1.17 bits per heavy atom. The van der Waals surface area contributed by atoms with Crippen LogP contribution in [0.25, 0.3) is 0 Å². The molecule has 0 saturated carbocycles. The number of piperidine rings is 1. The Balaban J connectivity index is 1.76. The molecule has 0 radical (unpaired) electrons. The molecule has 6 nitrogen and oxygen atoms in total. The summed E-state index contributed by atoms with van der Waals surface area (Å²) in [6.07, 6.45) is 0.312. The second-order valence-corrected chi connectivity index (χ2v) is 6.15. The van der Waals surface area contributed by atoms with Gasteiger partial charge in [-0.25, -0.2) is 4.39 Å². The minimum absolute atomic E-state index is 0.156. The van der Waals surface area contributed by atoms with Crippen LogP contribution in [-0.4, -0.2) is 44.0 Å². The maximum atomic E-state index is 14.4. The Bertz CT molecular complexity index is 618. The summed E-state index contributed by atoms with van der Waals surface area (Å²) in [7, 11) is 0. The van der Waals surface area contributed by atoms with E-state index in [9.17, 15) is 14.0 Å². The van der Waals surface area contributed by atoms with Gasteiger partial charge in [0.2, 0.25) is 11.8 Å². The number of hydrogen-bond acceptors (Lipinski definition) is 5. The fraction of sp³-hybridized carbons (Fsp3) is 0.467. The van der Waals surface area contributed by atoms with Gasteiger partial charge in [0.1, 0.15) is 5.82 Å². The number of benzene rings is 1. The van der Waals surface area contributed by atoms with E-state index in [1.807, 2.05) is 4.90 Å². The fourth-order valence-corrected chi connectivity index (χ4v) is 3.11. The van der Waals surface area contributed by atoms with Crippen molar-refractivity contribution in [2.45, 2.75) is 18.9 Å². The first-order valence-electron chi connectivity index (χ1n) is 7.57. The van der Waals surface area contributed by atoms with Crippen LogP contribution in [0.5, 0.6) is 0 Å². The van der Waals surface area contributed by atoms with Crippen LogP contribution in [0.15, 0.2) is 12.1 Å². The highest BCUT2D eigenvalue weighted by Crippen LogP contribution is 2.32. The lowest BCUT2D eigenvalue weighted by Gasteiger charge is -2.30. The zero-order chi connectivity index (χ0) is 16.4. The number of nitrogens with one attached hydrogen (secondary N) is 3. The molecule has 124 valence electrons. The molecule has 0 unspecified atom stereocenters. The second kappa shape index (κ2) is 6.72. The lowest BCUT2D eigenvalue weighted by atomic mass is 10.0. The number of anilines is 2. The van der Waals surface area contributed by atoms with Crippen molar-refractivity contribution < 1.29 is 14.0 Å². The van der Waals surface area contributed by atoms with E-state index in [-0.39, 0.29) is 36.5 Å². The minimum atomic E-state index is -0.377. The number of hydrogen-bond donors (Lipinski definition) is 3. The summed E-state index contributed by atoms with van der Waals surface area (Å²) in [5.41, 5.74) is 0.870. The molecule has 2 amide bonds. The Morgan fingerprint density at radius 3 is 2.48 bits per heavy atom. The SMILES string of the molecule is O=C1CC(Nc2cc(F)c(N3CCNCC3)cc2Cl)CC(=O)N1. The number of imide groups is 1. The highest BCUT2D eigenvalue weighted by molar-refractivity contribution is 6.33. The summed E-state index contributed by atoms with van der Waals surface area (Å²) >= 11 is 6.26. The van der Waals surface area contributed by atoms with Gasteiger partial charge in [0.25, 0.3) is 0 Å². The third-order valence-corrected chi connectivity index (χ3v) is 4.31. The molecule has 0 spiro atoms. The Morgan fingerprint density at radius 2 is 1.83 bits per heavy atom. The van der Waals surface area contributed by atoms with E-state index in [0.717, 1.165) is 26.2 Å². The van der Waals surface area contributed by atoms with Crippen molar-refractivity contribution >= 4 is 34.8 Å². The van der Waals surface area contributed by atoms with E-state index in [1.54, 1.807) is 6.07 Å². The smallest absolute Gasteiger partial charge is 0.228 e. The molecule has 3 rings (SSSR count). The van der Waals surface area contributed by atoms with Gasteiger partial charge in [-0.1, -0.05) is 11.6 Å². The molecule has 1 aromatic carbocycles. The van der Waals surface area contributed by atoms with E-state index in [2.05, 4.69) is 16.0 Å². The molecule has 2 fully saturated rings.